The maximum Gasteiger partial charge on any atom is 0.348 e. The number of esters is 2. The summed E-state index contributed by atoms with van der Waals surface area (Å²) in [6.45, 7) is 7.18. The first kappa shape index (κ1) is 24.5. The molecule has 3 rings (SSSR count). The number of thiophene rings is 1. The molecule has 0 spiro atoms. The second kappa shape index (κ2) is 10.6. The zero-order chi connectivity index (χ0) is 24.1. The minimum absolute atomic E-state index is 0.0446. The van der Waals surface area contributed by atoms with E-state index in [1.165, 1.54) is 6.07 Å². The van der Waals surface area contributed by atoms with Gasteiger partial charge in [-0.25, -0.2) is 9.59 Å². The molecule has 3 aromatic rings. The zero-order valence-corrected chi connectivity index (χ0v) is 20.1. The molecule has 0 fully saturated rings. The van der Waals surface area contributed by atoms with Gasteiger partial charge in [0.05, 0.1) is 24.5 Å². The lowest BCUT2D eigenvalue weighted by molar-refractivity contribution is -0.113. The highest BCUT2D eigenvalue weighted by atomic mass is 32.2. The molecule has 0 radical (unpaired) electrons. The first-order valence-electron chi connectivity index (χ1n) is 10.2. The first-order chi connectivity index (χ1) is 15.8. The summed E-state index contributed by atoms with van der Waals surface area (Å²) >= 11 is 2.08. The van der Waals surface area contributed by atoms with Crippen LogP contribution in [-0.2, 0) is 20.7 Å². The Morgan fingerprint density at radius 1 is 1.15 bits per heavy atom. The number of amides is 1. The quantitative estimate of drug-likeness (QED) is 0.339. The predicted molar refractivity (Wildman–Crippen MR) is 123 cm³/mol. The standard InChI is InChI=1S/C20H23N5O6S2/c1-5-11-8-12(26)22-19-23-24-20(25(11)19)32-9-13(27)21-16-14(17(28)30-6-2)10(4)15(33-16)18(29)31-7-3/h8H,5-7,9H2,1-4H3,(H,21,27)(H,22,23,26). The lowest BCUT2D eigenvalue weighted by Gasteiger charge is -2.07. The van der Waals surface area contributed by atoms with E-state index in [2.05, 4.69) is 20.5 Å². The van der Waals surface area contributed by atoms with Crippen LogP contribution in [0.4, 0.5) is 5.00 Å². The van der Waals surface area contributed by atoms with Gasteiger partial charge in [-0.3, -0.25) is 19.0 Å². The zero-order valence-electron chi connectivity index (χ0n) is 18.5. The van der Waals surface area contributed by atoms with Gasteiger partial charge in [-0.05, 0) is 32.8 Å². The van der Waals surface area contributed by atoms with Crippen molar-refractivity contribution in [3.8, 4) is 0 Å². The van der Waals surface area contributed by atoms with E-state index in [0.717, 1.165) is 23.1 Å². The van der Waals surface area contributed by atoms with Gasteiger partial charge in [-0.15, -0.1) is 21.5 Å². The topological polar surface area (TPSA) is 145 Å². The number of aryl methyl sites for hydroxylation is 1. The molecule has 0 saturated heterocycles. The Balaban J connectivity index is 1.82. The summed E-state index contributed by atoms with van der Waals surface area (Å²) in [6, 6.07) is 1.46. The van der Waals surface area contributed by atoms with Crippen molar-refractivity contribution in [2.75, 3.05) is 24.3 Å². The Morgan fingerprint density at radius 3 is 2.52 bits per heavy atom. The molecule has 0 atom stereocenters. The molecule has 0 aliphatic carbocycles. The number of anilines is 1. The summed E-state index contributed by atoms with van der Waals surface area (Å²) in [4.78, 5) is 52.0. The lowest BCUT2D eigenvalue weighted by atomic mass is 10.1. The smallest absolute Gasteiger partial charge is 0.348 e. The maximum absolute atomic E-state index is 12.7. The fourth-order valence-corrected chi connectivity index (χ4v) is 4.93. The Bertz CT molecular complexity index is 1260. The van der Waals surface area contributed by atoms with E-state index in [-0.39, 0.29) is 40.0 Å². The largest absolute Gasteiger partial charge is 0.462 e. The molecule has 3 aromatic heterocycles. The van der Waals surface area contributed by atoms with Crippen LogP contribution in [0.25, 0.3) is 5.78 Å². The number of hydrogen-bond donors (Lipinski definition) is 2. The van der Waals surface area contributed by atoms with Gasteiger partial charge in [0.25, 0.3) is 5.56 Å². The van der Waals surface area contributed by atoms with Crippen LogP contribution in [0.1, 0.15) is 52.1 Å². The predicted octanol–water partition coefficient (Wildman–Crippen LogP) is 2.43. The summed E-state index contributed by atoms with van der Waals surface area (Å²) in [5.74, 6) is -1.38. The van der Waals surface area contributed by atoms with E-state index in [1.807, 2.05) is 6.92 Å². The number of H-pyrrole nitrogens is 1. The van der Waals surface area contributed by atoms with E-state index in [1.54, 1.807) is 25.2 Å². The summed E-state index contributed by atoms with van der Waals surface area (Å²) in [6.07, 6.45) is 0.576. The van der Waals surface area contributed by atoms with Crippen molar-refractivity contribution in [1.29, 1.82) is 0 Å². The molecule has 13 heteroatoms. The number of fused-ring (bicyclic) bond motifs is 1. The fraction of sp³-hybridized carbons (Fsp3) is 0.400. The van der Waals surface area contributed by atoms with E-state index in [4.69, 9.17) is 9.47 Å². The highest BCUT2D eigenvalue weighted by molar-refractivity contribution is 7.99. The molecule has 2 N–H and O–H groups in total. The Hall–Kier alpha value is -3.19. The van der Waals surface area contributed by atoms with Crippen molar-refractivity contribution in [2.45, 2.75) is 39.3 Å². The number of aromatic amines is 1. The highest BCUT2D eigenvalue weighted by Crippen LogP contribution is 2.34. The molecule has 11 nitrogen and oxygen atoms in total. The molecular weight excluding hydrogens is 470 g/mol. The van der Waals surface area contributed by atoms with Crippen LogP contribution in [0.5, 0.6) is 0 Å². The molecule has 0 aliphatic heterocycles. The van der Waals surface area contributed by atoms with Crippen molar-refractivity contribution in [1.82, 2.24) is 19.6 Å². The third-order valence-electron chi connectivity index (χ3n) is 4.49. The van der Waals surface area contributed by atoms with Gasteiger partial charge >= 0.3 is 11.9 Å². The van der Waals surface area contributed by atoms with Crippen molar-refractivity contribution >= 4 is 51.7 Å². The SMILES string of the molecule is CCOC(=O)c1sc(NC(=O)CSc2nnc3[nH]c(=O)cc(CC)n23)c(C(=O)OCC)c1C. The van der Waals surface area contributed by atoms with Gasteiger partial charge in [0.15, 0.2) is 5.16 Å². The van der Waals surface area contributed by atoms with Crippen molar-refractivity contribution in [3.05, 3.63) is 38.1 Å². The van der Waals surface area contributed by atoms with Crippen LogP contribution in [0.3, 0.4) is 0 Å². The number of hydrogen-bond acceptors (Lipinski definition) is 10. The second-order valence-electron chi connectivity index (χ2n) is 6.66. The molecule has 33 heavy (non-hydrogen) atoms. The second-order valence-corrected chi connectivity index (χ2v) is 8.62. The van der Waals surface area contributed by atoms with Gasteiger partial charge in [0.2, 0.25) is 11.7 Å². The van der Waals surface area contributed by atoms with Crippen LogP contribution < -0.4 is 10.9 Å². The Morgan fingerprint density at radius 2 is 1.85 bits per heavy atom. The van der Waals surface area contributed by atoms with E-state index in [0.29, 0.717) is 28.6 Å². The number of rotatable bonds is 9. The van der Waals surface area contributed by atoms with Crippen LogP contribution >= 0.6 is 23.1 Å². The van der Waals surface area contributed by atoms with Gasteiger partial charge < -0.3 is 14.8 Å². The molecule has 0 aromatic carbocycles. The van der Waals surface area contributed by atoms with Gasteiger partial charge in [0, 0.05) is 11.8 Å². The number of ether oxygens (including phenoxy) is 2. The summed E-state index contributed by atoms with van der Waals surface area (Å²) in [5.41, 5.74) is 0.944. The van der Waals surface area contributed by atoms with Crippen LogP contribution in [0.15, 0.2) is 16.0 Å². The maximum atomic E-state index is 12.7. The average molecular weight is 494 g/mol. The number of aromatic nitrogens is 4. The molecule has 0 aliphatic rings. The molecule has 0 saturated carbocycles. The van der Waals surface area contributed by atoms with Crippen LogP contribution in [-0.4, -0.2) is 56.4 Å². The number of thioether (sulfide) groups is 1. The third kappa shape index (κ3) is 5.25. The van der Waals surface area contributed by atoms with E-state index < -0.39 is 17.8 Å². The Kier molecular flexibility index (Phi) is 7.87. The van der Waals surface area contributed by atoms with E-state index in [9.17, 15) is 19.2 Å². The normalized spacial score (nSPS) is 10.9. The molecule has 1 amide bonds. The molecule has 0 bridgehead atoms. The minimum Gasteiger partial charge on any atom is -0.462 e. The van der Waals surface area contributed by atoms with Crippen molar-refractivity contribution in [3.63, 3.8) is 0 Å². The molecule has 3 heterocycles. The van der Waals surface area contributed by atoms with Crippen molar-refractivity contribution < 1.29 is 23.9 Å². The Labute approximate surface area is 196 Å². The van der Waals surface area contributed by atoms with E-state index >= 15 is 0 Å². The van der Waals surface area contributed by atoms with Crippen molar-refractivity contribution in [2.24, 2.45) is 0 Å². The van der Waals surface area contributed by atoms with Gasteiger partial charge in [-0.1, -0.05) is 18.7 Å². The van der Waals surface area contributed by atoms with Gasteiger partial charge in [-0.2, -0.15) is 0 Å². The lowest BCUT2D eigenvalue weighted by Crippen LogP contribution is -2.17. The van der Waals surface area contributed by atoms with Gasteiger partial charge in [0.1, 0.15) is 9.88 Å². The average Bonchev–Trinajstić information content (AvgIpc) is 3.32. The molecule has 176 valence electrons. The summed E-state index contributed by atoms with van der Waals surface area (Å²) in [5, 5.41) is 11.3. The fourth-order valence-electron chi connectivity index (χ4n) is 3.06. The number of carbonyl (C=O) groups excluding carboxylic acids is 3. The minimum atomic E-state index is -0.634. The number of nitrogens with zero attached hydrogens (tertiary/aromatic N) is 3. The molecule has 0 unspecified atom stereocenters. The summed E-state index contributed by atoms with van der Waals surface area (Å²) in [7, 11) is 0. The van der Waals surface area contributed by atoms with Crippen LogP contribution in [0, 0.1) is 6.92 Å². The van der Waals surface area contributed by atoms with Crippen LogP contribution in [0.2, 0.25) is 0 Å². The summed E-state index contributed by atoms with van der Waals surface area (Å²) < 4.78 is 11.8. The highest BCUT2D eigenvalue weighted by Gasteiger charge is 2.27. The monoisotopic (exact) mass is 493 g/mol. The number of carbonyl (C=O) groups is 3. The third-order valence-corrected chi connectivity index (χ3v) is 6.60. The molecular formula is C20H23N5O6S2. The first-order valence-corrected chi connectivity index (χ1v) is 12.0. The number of nitrogens with one attached hydrogen (secondary N) is 2.